The number of hydrogen-bond acceptors (Lipinski definition) is 6. The van der Waals surface area contributed by atoms with Gasteiger partial charge in [0.2, 0.25) is 5.89 Å². The zero-order valence-corrected chi connectivity index (χ0v) is 10.4. The predicted molar refractivity (Wildman–Crippen MR) is 67.9 cm³/mol. The molecule has 0 unspecified atom stereocenters. The summed E-state index contributed by atoms with van der Waals surface area (Å²) in [5.74, 6) is -1.22. The van der Waals surface area contributed by atoms with Crippen LogP contribution in [-0.2, 0) is 4.79 Å². The Balaban J connectivity index is 2.05. The van der Waals surface area contributed by atoms with Gasteiger partial charge < -0.3 is 9.52 Å². The first-order valence-corrected chi connectivity index (χ1v) is 5.53. The second kappa shape index (κ2) is 5.74. The maximum atomic E-state index is 11.8. The monoisotopic (exact) mass is 274 g/mol. The molecule has 0 bridgehead atoms. The molecule has 2 heterocycles. The molecule has 0 aliphatic heterocycles. The first kappa shape index (κ1) is 13.4. The highest BCUT2D eigenvalue weighted by atomic mass is 16.4. The van der Waals surface area contributed by atoms with Gasteiger partial charge >= 0.3 is 12.0 Å². The third kappa shape index (κ3) is 3.48. The zero-order chi connectivity index (χ0) is 14.5. The third-order valence-corrected chi connectivity index (χ3v) is 2.18. The molecular formula is C12H10N4O4. The van der Waals surface area contributed by atoms with Crippen molar-refractivity contribution >= 4 is 24.0 Å². The second-order valence-electron chi connectivity index (χ2n) is 3.73. The van der Waals surface area contributed by atoms with E-state index in [1.165, 1.54) is 18.3 Å². The molecule has 8 heteroatoms. The number of aromatic nitrogens is 3. The number of carboxylic acid groups (broad SMARTS) is 1. The molecule has 0 aromatic carbocycles. The zero-order valence-electron chi connectivity index (χ0n) is 10.4. The van der Waals surface area contributed by atoms with E-state index in [9.17, 15) is 9.59 Å². The number of carboxylic acids is 1. The summed E-state index contributed by atoms with van der Waals surface area (Å²) < 4.78 is 5.01. The largest absolute Gasteiger partial charge is 0.478 e. The van der Waals surface area contributed by atoms with Gasteiger partial charge in [-0.3, -0.25) is 15.1 Å². The van der Waals surface area contributed by atoms with Gasteiger partial charge in [0.15, 0.2) is 0 Å². The van der Waals surface area contributed by atoms with Crippen molar-refractivity contribution in [2.45, 2.75) is 6.92 Å². The minimum Gasteiger partial charge on any atom is -0.478 e. The van der Waals surface area contributed by atoms with Crippen LogP contribution in [0.1, 0.15) is 21.9 Å². The van der Waals surface area contributed by atoms with E-state index in [1.54, 1.807) is 13.0 Å². The Morgan fingerprint density at radius 2 is 2.15 bits per heavy atom. The molecular weight excluding hydrogens is 264 g/mol. The number of pyridine rings is 1. The molecule has 0 saturated heterocycles. The summed E-state index contributed by atoms with van der Waals surface area (Å²) in [5, 5.41) is 18.1. The number of hydrogen-bond donors (Lipinski definition) is 2. The fourth-order valence-electron chi connectivity index (χ4n) is 1.31. The van der Waals surface area contributed by atoms with Crippen molar-refractivity contribution in [3.05, 3.63) is 41.6 Å². The van der Waals surface area contributed by atoms with Crippen LogP contribution in [0.15, 0.2) is 28.8 Å². The van der Waals surface area contributed by atoms with Crippen LogP contribution < -0.4 is 5.32 Å². The molecule has 1 amide bonds. The first-order valence-electron chi connectivity index (χ1n) is 5.53. The fourth-order valence-corrected chi connectivity index (χ4v) is 1.31. The third-order valence-electron chi connectivity index (χ3n) is 2.18. The van der Waals surface area contributed by atoms with Gasteiger partial charge in [0.1, 0.15) is 5.69 Å². The number of carbonyl (C=O) groups excluding carboxylic acids is 1. The highest BCUT2D eigenvalue weighted by Gasteiger charge is 2.11. The van der Waals surface area contributed by atoms with Gasteiger partial charge in [0.25, 0.3) is 5.91 Å². The molecule has 2 aromatic rings. The van der Waals surface area contributed by atoms with Gasteiger partial charge in [0.05, 0.1) is 0 Å². The number of amides is 1. The van der Waals surface area contributed by atoms with Gasteiger partial charge in [-0.1, -0.05) is 11.2 Å². The van der Waals surface area contributed by atoms with Crippen LogP contribution in [0, 0.1) is 6.92 Å². The Labute approximate surface area is 113 Å². The molecule has 0 aliphatic rings. The normalized spacial score (nSPS) is 10.7. The van der Waals surface area contributed by atoms with Gasteiger partial charge in [-0.05, 0) is 17.7 Å². The molecule has 0 spiro atoms. The summed E-state index contributed by atoms with van der Waals surface area (Å²) in [7, 11) is 0. The average Bonchev–Trinajstić information content (AvgIpc) is 2.82. The first-order chi connectivity index (χ1) is 9.54. The minimum atomic E-state index is -1.06. The Hall–Kier alpha value is -3.03. The fraction of sp³-hybridized carbons (Fsp3) is 0.0833. The van der Waals surface area contributed by atoms with Crippen molar-refractivity contribution in [2.75, 3.05) is 5.32 Å². The predicted octanol–water partition coefficient (Wildman–Crippen LogP) is 1.12. The average molecular weight is 274 g/mol. The Kier molecular flexibility index (Phi) is 3.85. The van der Waals surface area contributed by atoms with Crippen LogP contribution in [0.4, 0.5) is 6.01 Å². The maximum absolute atomic E-state index is 11.8. The summed E-state index contributed by atoms with van der Waals surface area (Å²) in [6.45, 7) is 1.60. The number of rotatable bonds is 4. The van der Waals surface area contributed by atoms with Crippen LogP contribution in [0.2, 0.25) is 0 Å². The van der Waals surface area contributed by atoms with E-state index in [0.29, 0.717) is 11.5 Å². The van der Waals surface area contributed by atoms with E-state index in [1.807, 2.05) is 0 Å². The summed E-state index contributed by atoms with van der Waals surface area (Å²) >= 11 is 0. The molecule has 0 atom stereocenters. The summed E-state index contributed by atoms with van der Waals surface area (Å²) in [6, 6.07) is 3.02. The van der Waals surface area contributed by atoms with E-state index in [2.05, 4.69) is 20.5 Å². The molecule has 2 rings (SSSR count). The van der Waals surface area contributed by atoms with Crippen molar-refractivity contribution in [3.8, 4) is 0 Å². The van der Waals surface area contributed by atoms with Crippen LogP contribution in [0.3, 0.4) is 0 Å². The standard InChI is InChI=1S/C12H10N4O4/c1-7-15-16-12(20-7)14-11(19)9-4-2-8(6-13-9)3-5-10(17)18/h2-6H,1H3,(H,17,18)(H,14,16,19)/b5-3+. The Morgan fingerprint density at radius 1 is 1.35 bits per heavy atom. The lowest BCUT2D eigenvalue weighted by atomic mass is 10.2. The summed E-state index contributed by atoms with van der Waals surface area (Å²) in [5.41, 5.74) is 0.714. The number of anilines is 1. The molecule has 0 radical (unpaired) electrons. The van der Waals surface area contributed by atoms with Gasteiger partial charge in [-0.25, -0.2) is 4.79 Å². The summed E-state index contributed by atoms with van der Waals surface area (Å²) in [4.78, 5) is 26.1. The van der Waals surface area contributed by atoms with Crippen LogP contribution in [0.25, 0.3) is 6.08 Å². The molecule has 0 fully saturated rings. The second-order valence-corrected chi connectivity index (χ2v) is 3.73. The van der Waals surface area contributed by atoms with Gasteiger partial charge in [-0.2, -0.15) is 0 Å². The van der Waals surface area contributed by atoms with E-state index >= 15 is 0 Å². The highest BCUT2D eigenvalue weighted by Crippen LogP contribution is 2.07. The Bertz CT molecular complexity index is 660. The van der Waals surface area contributed by atoms with Crippen LogP contribution in [0.5, 0.6) is 0 Å². The van der Waals surface area contributed by atoms with E-state index in [0.717, 1.165) is 6.08 Å². The van der Waals surface area contributed by atoms with E-state index < -0.39 is 11.9 Å². The van der Waals surface area contributed by atoms with Gasteiger partial charge in [-0.15, -0.1) is 5.10 Å². The van der Waals surface area contributed by atoms with E-state index in [-0.39, 0.29) is 11.7 Å². The quantitative estimate of drug-likeness (QED) is 0.802. The minimum absolute atomic E-state index is 0.0100. The SMILES string of the molecule is Cc1nnc(NC(=O)c2ccc(/C=C/C(=O)O)cn2)o1. The lowest BCUT2D eigenvalue weighted by molar-refractivity contribution is -0.131. The molecule has 0 saturated carbocycles. The van der Waals surface area contributed by atoms with Crippen LogP contribution in [-0.4, -0.2) is 32.2 Å². The van der Waals surface area contributed by atoms with E-state index in [4.69, 9.17) is 9.52 Å². The molecule has 0 aliphatic carbocycles. The lowest BCUT2D eigenvalue weighted by Gasteiger charge is -2.00. The maximum Gasteiger partial charge on any atom is 0.328 e. The number of carbonyl (C=O) groups is 2. The molecule has 2 N–H and O–H groups in total. The Morgan fingerprint density at radius 3 is 2.70 bits per heavy atom. The van der Waals surface area contributed by atoms with Crippen molar-refractivity contribution in [1.82, 2.24) is 15.2 Å². The number of aliphatic carboxylic acids is 1. The lowest BCUT2D eigenvalue weighted by Crippen LogP contribution is -2.13. The molecule has 20 heavy (non-hydrogen) atoms. The highest BCUT2D eigenvalue weighted by molar-refractivity contribution is 6.01. The molecule has 8 nitrogen and oxygen atoms in total. The molecule has 2 aromatic heterocycles. The smallest absolute Gasteiger partial charge is 0.328 e. The topological polar surface area (TPSA) is 118 Å². The number of aryl methyl sites for hydroxylation is 1. The number of nitrogens with one attached hydrogen (secondary N) is 1. The van der Waals surface area contributed by atoms with Crippen molar-refractivity contribution in [3.63, 3.8) is 0 Å². The van der Waals surface area contributed by atoms with Crippen LogP contribution >= 0.6 is 0 Å². The van der Waals surface area contributed by atoms with Crippen molar-refractivity contribution in [2.24, 2.45) is 0 Å². The summed E-state index contributed by atoms with van der Waals surface area (Å²) in [6.07, 6.45) is 3.74. The van der Waals surface area contributed by atoms with Crippen molar-refractivity contribution in [1.29, 1.82) is 0 Å². The van der Waals surface area contributed by atoms with Crippen molar-refractivity contribution < 1.29 is 19.1 Å². The molecule has 102 valence electrons. The van der Waals surface area contributed by atoms with Gasteiger partial charge in [0, 0.05) is 19.2 Å². The number of nitrogens with zero attached hydrogens (tertiary/aromatic N) is 3.